The number of hydrogen-bond donors (Lipinski definition) is 0. The van der Waals surface area contributed by atoms with Crippen molar-refractivity contribution in [1.82, 2.24) is 4.98 Å². The van der Waals surface area contributed by atoms with Gasteiger partial charge in [-0.25, -0.2) is 0 Å². The van der Waals surface area contributed by atoms with Gasteiger partial charge >= 0.3 is 0 Å². The smallest absolute Gasteiger partial charge is 0.135 e. The lowest BCUT2D eigenvalue weighted by molar-refractivity contribution is 0.669. The molecule has 10 aromatic rings. The second kappa shape index (κ2) is 11.2. The minimum Gasteiger partial charge on any atom is -0.456 e. The van der Waals surface area contributed by atoms with E-state index >= 15 is 0 Å². The van der Waals surface area contributed by atoms with Gasteiger partial charge in [-0.15, -0.1) is 11.3 Å². The number of para-hydroxylation sites is 1. The van der Waals surface area contributed by atoms with Crippen molar-refractivity contribution in [3.05, 3.63) is 170 Å². The number of pyridine rings is 1. The number of hydrogen-bond acceptors (Lipinski definition) is 4. The Morgan fingerprint density at radius 2 is 1.08 bits per heavy atom. The Kier molecular flexibility index (Phi) is 6.36. The van der Waals surface area contributed by atoms with Crippen molar-refractivity contribution in [3.63, 3.8) is 0 Å². The number of anilines is 3. The maximum absolute atomic E-state index is 6.19. The lowest BCUT2D eigenvalue weighted by Gasteiger charge is -2.26. The molecule has 7 aromatic carbocycles. The van der Waals surface area contributed by atoms with Crippen LogP contribution in [0.1, 0.15) is 0 Å². The van der Waals surface area contributed by atoms with E-state index in [0.29, 0.717) is 0 Å². The molecule has 0 aliphatic heterocycles. The molecule has 0 radical (unpaired) electrons. The van der Waals surface area contributed by atoms with Crippen LogP contribution in [0.15, 0.2) is 174 Å². The van der Waals surface area contributed by atoms with E-state index < -0.39 is 0 Å². The third-order valence-corrected chi connectivity index (χ3v) is 10.6. The van der Waals surface area contributed by atoms with Crippen molar-refractivity contribution in [2.75, 3.05) is 4.90 Å². The summed E-state index contributed by atoms with van der Waals surface area (Å²) in [4.78, 5) is 7.18. The largest absolute Gasteiger partial charge is 0.456 e. The lowest BCUT2D eigenvalue weighted by atomic mass is 10.0. The first-order valence-electron chi connectivity index (χ1n) is 16.4. The van der Waals surface area contributed by atoms with E-state index in [0.717, 1.165) is 50.3 Å². The molecule has 3 nitrogen and oxygen atoms in total. The fourth-order valence-electron chi connectivity index (χ4n) is 7.04. The van der Waals surface area contributed by atoms with Crippen LogP contribution >= 0.6 is 11.3 Å². The Morgan fingerprint density at radius 1 is 0.429 bits per heavy atom. The quantitative estimate of drug-likeness (QED) is 0.187. The summed E-state index contributed by atoms with van der Waals surface area (Å²) in [6.07, 6.45) is 2.01. The Balaban J connectivity index is 1.07. The molecule has 230 valence electrons. The summed E-state index contributed by atoms with van der Waals surface area (Å²) < 4.78 is 8.68. The highest BCUT2D eigenvalue weighted by Gasteiger charge is 2.17. The third-order valence-electron chi connectivity index (χ3n) is 9.51. The maximum atomic E-state index is 6.19. The SMILES string of the molecule is c1ccc2cc(-c3ccc(N(c4ccc(-c5cc6c(cn5)sc5ccccc56)cc4)c4ccc5oc6ccccc6c5c4)cc3)ccc2c1. The first kappa shape index (κ1) is 27.8. The molecule has 0 amide bonds. The van der Waals surface area contributed by atoms with Crippen LogP contribution in [0.5, 0.6) is 0 Å². The monoisotopic (exact) mass is 644 g/mol. The summed E-state index contributed by atoms with van der Waals surface area (Å²) in [5, 5.41) is 7.24. The second-order valence-electron chi connectivity index (χ2n) is 12.4. The van der Waals surface area contributed by atoms with Gasteiger partial charge in [0.1, 0.15) is 11.2 Å². The lowest BCUT2D eigenvalue weighted by Crippen LogP contribution is -2.09. The van der Waals surface area contributed by atoms with Crippen molar-refractivity contribution < 1.29 is 4.42 Å². The Labute approximate surface area is 286 Å². The van der Waals surface area contributed by atoms with Crippen molar-refractivity contribution in [2.45, 2.75) is 0 Å². The van der Waals surface area contributed by atoms with Crippen molar-refractivity contribution in [1.29, 1.82) is 0 Å². The Hall–Kier alpha value is -6.23. The number of aromatic nitrogens is 1. The van der Waals surface area contributed by atoms with Crippen LogP contribution in [0.4, 0.5) is 17.1 Å². The highest BCUT2D eigenvalue weighted by molar-refractivity contribution is 7.25. The van der Waals surface area contributed by atoms with Gasteiger partial charge in [-0.3, -0.25) is 4.98 Å². The standard InChI is InChI=1S/C45H28N2OS/c1-2-8-32-25-33(14-13-29(32)7-1)30-15-19-34(20-16-30)47(36-23-24-43-39(26-36)37-9-3-5-11-42(37)48-43)35-21-17-31(18-22-35)41-27-40-38-10-4-6-12-44(38)49-45(40)28-46-41/h1-28H. The molecular formula is C45H28N2OS. The molecule has 0 bridgehead atoms. The number of fused-ring (bicyclic) bond motifs is 7. The number of benzene rings is 7. The molecule has 0 fully saturated rings. The minimum absolute atomic E-state index is 0.884. The van der Waals surface area contributed by atoms with E-state index in [1.807, 2.05) is 18.3 Å². The van der Waals surface area contributed by atoms with E-state index in [-0.39, 0.29) is 0 Å². The summed E-state index contributed by atoms with van der Waals surface area (Å²) in [5.41, 5.74) is 9.44. The third kappa shape index (κ3) is 4.76. The molecule has 0 saturated carbocycles. The number of thiophene rings is 1. The van der Waals surface area contributed by atoms with E-state index in [4.69, 9.17) is 9.40 Å². The molecular weight excluding hydrogens is 617 g/mol. The fourth-order valence-corrected chi connectivity index (χ4v) is 8.10. The van der Waals surface area contributed by atoms with Crippen LogP contribution in [0, 0.1) is 0 Å². The molecule has 49 heavy (non-hydrogen) atoms. The molecule has 4 heteroatoms. The predicted molar refractivity (Wildman–Crippen MR) is 207 cm³/mol. The topological polar surface area (TPSA) is 29.3 Å². The zero-order valence-electron chi connectivity index (χ0n) is 26.4. The van der Waals surface area contributed by atoms with Crippen LogP contribution in [-0.2, 0) is 0 Å². The molecule has 0 saturated heterocycles. The van der Waals surface area contributed by atoms with Gasteiger partial charge in [0.2, 0.25) is 0 Å². The second-order valence-corrected chi connectivity index (χ2v) is 13.5. The van der Waals surface area contributed by atoms with Gasteiger partial charge in [0.15, 0.2) is 0 Å². The van der Waals surface area contributed by atoms with E-state index in [9.17, 15) is 0 Å². The normalized spacial score (nSPS) is 11.7. The summed E-state index contributed by atoms with van der Waals surface area (Å²) >= 11 is 1.79. The van der Waals surface area contributed by atoms with E-state index in [1.54, 1.807) is 11.3 Å². The van der Waals surface area contributed by atoms with Gasteiger partial charge in [0.25, 0.3) is 0 Å². The first-order chi connectivity index (χ1) is 24.2. The van der Waals surface area contributed by atoms with Crippen LogP contribution < -0.4 is 4.90 Å². The van der Waals surface area contributed by atoms with Gasteiger partial charge in [0, 0.05) is 55.1 Å². The Bertz CT molecular complexity index is 2830. The van der Waals surface area contributed by atoms with Gasteiger partial charge in [-0.2, -0.15) is 0 Å². The summed E-state index contributed by atoms with van der Waals surface area (Å²) in [6, 6.07) is 58.3. The van der Waals surface area contributed by atoms with E-state index in [2.05, 4.69) is 157 Å². The zero-order valence-corrected chi connectivity index (χ0v) is 27.2. The van der Waals surface area contributed by atoms with Gasteiger partial charge < -0.3 is 9.32 Å². The summed E-state index contributed by atoms with van der Waals surface area (Å²) in [6.45, 7) is 0. The van der Waals surface area contributed by atoms with Gasteiger partial charge in [0.05, 0.1) is 10.4 Å². The number of furan rings is 1. The van der Waals surface area contributed by atoms with Crippen LogP contribution in [0.2, 0.25) is 0 Å². The summed E-state index contributed by atoms with van der Waals surface area (Å²) in [7, 11) is 0. The van der Waals surface area contributed by atoms with Crippen molar-refractivity contribution in [2.24, 2.45) is 0 Å². The molecule has 0 atom stereocenters. The molecule has 3 aromatic heterocycles. The average Bonchev–Trinajstić information content (AvgIpc) is 3.73. The van der Waals surface area contributed by atoms with Crippen LogP contribution in [0.25, 0.3) is 75.3 Å². The van der Waals surface area contributed by atoms with Crippen LogP contribution in [-0.4, -0.2) is 4.98 Å². The predicted octanol–water partition coefficient (Wildman–Crippen LogP) is 13.3. The van der Waals surface area contributed by atoms with Gasteiger partial charge in [-0.05, 0) is 88.6 Å². The molecule has 0 spiro atoms. The molecule has 0 unspecified atom stereocenters. The maximum Gasteiger partial charge on any atom is 0.135 e. The molecule has 0 N–H and O–H groups in total. The van der Waals surface area contributed by atoms with Crippen molar-refractivity contribution in [3.8, 4) is 22.4 Å². The molecule has 10 rings (SSSR count). The highest BCUT2D eigenvalue weighted by atomic mass is 32.1. The Morgan fingerprint density at radius 3 is 1.92 bits per heavy atom. The summed E-state index contributed by atoms with van der Waals surface area (Å²) in [5.74, 6) is 0. The highest BCUT2D eigenvalue weighted by Crippen LogP contribution is 2.41. The zero-order chi connectivity index (χ0) is 32.3. The van der Waals surface area contributed by atoms with E-state index in [1.165, 1.54) is 42.1 Å². The van der Waals surface area contributed by atoms with Crippen LogP contribution in [0.3, 0.4) is 0 Å². The average molecular weight is 645 g/mol. The first-order valence-corrected chi connectivity index (χ1v) is 17.3. The molecule has 0 aliphatic carbocycles. The number of nitrogens with zero attached hydrogens (tertiary/aromatic N) is 2. The molecule has 0 aliphatic rings. The van der Waals surface area contributed by atoms with Crippen molar-refractivity contribution >= 4 is 81.3 Å². The van der Waals surface area contributed by atoms with Gasteiger partial charge in [-0.1, -0.05) is 97.1 Å². The fraction of sp³-hybridized carbons (Fsp3) is 0. The molecule has 3 heterocycles. The number of rotatable bonds is 5. The minimum atomic E-state index is 0.884.